The molecule has 1 aromatic rings. The summed E-state index contributed by atoms with van der Waals surface area (Å²) in [4.78, 5) is 2.15. The second-order valence-corrected chi connectivity index (χ2v) is 5.18. The molecule has 1 fully saturated rings. The number of nitrogens with zero attached hydrogens (tertiary/aromatic N) is 1. The highest BCUT2D eigenvalue weighted by molar-refractivity contribution is 5.20. The van der Waals surface area contributed by atoms with Gasteiger partial charge >= 0.3 is 0 Å². The van der Waals surface area contributed by atoms with Gasteiger partial charge in [-0.1, -0.05) is 0 Å². The highest BCUT2D eigenvalue weighted by atomic mass is 19.1. The lowest BCUT2D eigenvalue weighted by atomic mass is 10.0. The van der Waals surface area contributed by atoms with E-state index < -0.39 is 23.8 Å². The maximum absolute atomic E-state index is 13.5. The molecule has 3 nitrogen and oxygen atoms in total. The molecule has 2 atom stereocenters. The Morgan fingerprint density at radius 1 is 1.26 bits per heavy atom. The number of rotatable bonds is 5. The van der Waals surface area contributed by atoms with Crippen molar-refractivity contribution in [1.82, 2.24) is 4.90 Å². The van der Waals surface area contributed by atoms with Crippen LogP contribution in [0.4, 0.5) is 8.78 Å². The normalized spacial score (nSPS) is 19.6. The maximum atomic E-state index is 13.5. The van der Waals surface area contributed by atoms with Gasteiger partial charge in [0.05, 0.1) is 6.10 Å². The highest BCUT2D eigenvalue weighted by Gasteiger charge is 2.21. The summed E-state index contributed by atoms with van der Waals surface area (Å²) in [6, 6.07) is 2.71. The van der Waals surface area contributed by atoms with Crippen molar-refractivity contribution in [2.24, 2.45) is 5.73 Å². The van der Waals surface area contributed by atoms with Crippen molar-refractivity contribution in [3.63, 3.8) is 0 Å². The van der Waals surface area contributed by atoms with Crippen LogP contribution in [0.1, 0.15) is 18.4 Å². The van der Waals surface area contributed by atoms with E-state index in [1.165, 1.54) is 0 Å². The Morgan fingerprint density at radius 2 is 1.95 bits per heavy atom. The predicted octanol–water partition coefficient (Wildman–Crippen LogP) is 1.29. The van der Waals surface area contributed by atoms with Gasteiger partial charge in [-0.3, -0.25) is 0 Å². The van der Waals surface area contributed by atoms with E-state index in [4.69, 9.17) is 5.73 Å². The largest absolute Gasteiger partial charge is 0.390 e. The van der Waals surface area contributed by atoms with Gasteiger partial charge in [-0.05, 0) is 56.1 Å². The zero-order chi connectivity index (χ0) is 13.8. The molecule has 1 aliphatic heterocycles. The molecule has 3 N–H and O–H groups in total. The van der Waals surface area contributed by atoms with Crippen LogP contribution in [0.3, 0.4) is 0 Å². The summed E-state index contributed by atoms with van der Waals surface area (Å²) in [6.07, 6.45) is 1.69. The zero-order valence-corrected chi connectivity index (χ0v) is 10.9. The van der Waals surface area contributed by atoms with E-state index in [2.05, 4.69) is 4.90 Å². The van der Waals surface area contributed by atoms with Crippen molar-refractivity contribution in [3.8, 4) is 0 Å². The standard InChI is InChI=1S/C14H20F2N2O/c15-11-3-4-12(16)10(7-11)8-13(17)14(19)9-18-5-1-2-6-18/h3-4,7,13-14,19H,1-2,5-6,8-9,17H2. The van der Waals surface area contributed by atoms with E-state index in [0.717, 1.165) is 44.1 Å². The topological polar surface area (TPSA) is 49.5 Å². The summed E-state index contributed by atoms with van der Waals surface area (Å²) in [6.45, 7) is 2.44. The van der Waals surface area contributed by atoms with Gasteiger partial charge in [-0.25, -0.2) is 8.78 Å². The molecule has 0 amide bonds. The van der Waals surface area contributed by atoms with Gasteiger partial charge < -0.3 is 15.7 Å². The van der Waals surface area contributed by atoms with E-state index >= 15 is 0 Å². The molecule has 5 heteroatoms. The van der Waals surface area contributed by atoms with Crippen LogP contribution < -0.4 is 5.73 Å². The Kier molecular flexibility index (Phi) is 4.85. The molecule has 0 aromatic heterocycles. The molecule has 19 heavy (non-hydrogen) atoms. The quantitative estimate of drug-likeness (QED) is 0.847. The molecule has 0 aliphatic carbocycles. The van der Waals surface area contributed by atoms with Gasteiger partial charge in [0.2, 0.25) is 0 Å². The van der Waals surface area contributed by atoms with Crippen LogP contribution in [0.2, 0.25) is 0 Å². The van der Waals surface area contributed by atoms with Gasteiger partial charge in [-0.15, -0.1) is 0 Å². The van der Waals surface area contributed by atoms with Gasteiger partial charge in [0, 0.05) is 12.6 Å². The van der Waals surface area contributed by atoms with Crippen molar-refractivity contribution in [2.45, 2.75) is 31.4 Å². The summed E-state index contributed by atoms with van der Waals surface area (Å²) in [5.41, 5.74) is 6.10. The number of nitrogens with two attached hydrogens (primary N) is 1. The molecule has 0 bridgehead atoms. The Labute approximate surface area is 112 Å². The van der Waals surface area contributed by atoms with E-state index in [-0.39, 0.29) is 12.0 Å². The summed E-state index contributed by atoms with van der Waals surface area (Å²) < 4.78 is 26.5. The number of hydrogen-bond acceptors (Lipinski definition) is 3. The fourth-order valence-corrected chi connectivity index (χ4v) is 2.45. The zero-order valence-electron chi connectivity index (χ0n) is 10.9. The average Bonchev–Trinajstić information content (AvgIpc) is 2.86. The highest BCUT2D eigenvalue weighted by Crippen LogP contribution is 2.14. The Balaban J connectivity index is 1.91. The molecule has 2 rings (SSSR count). The van der Waals surface area contributed by atoms with Crippen LogP contribution in [0, 0.1) is 11.6 Å². The third-order valence-corrected chi connectivity index (χ3v) is 3.60. The number of likely N-dealkylation sites (tertiary alicyclic amines) is 1. The molecule has 0 saturated carbocycles. The first-order valence-electron chi connectivity index (χ1n) is 6.66. The van der Waals surface area contributed by atoms with Crippen LogP contribution in [0.5, 0.6) is 0 Å². The number of hydrogen-bond donors (Lipinski definition) is 2. The summed E-state index contributed by atoms with van der Waals surface area (Å²) in [5, 5.41) is 10.0. The second kappa shape index (κ2) is 6.41. The summed E-state index contributed by atoms with van der Waals surface area (Å²) >= 11 is 0. The molecule has 0 spiro atoms. The van der Waals surface area contributed by atoms with Crippen LogP contribution >= 0.6 is 0 Å². The Hall–Kier alpha value is -1.04. The first kappa shape index (κ1) is 14.4. The fraction of sp³-hybridized carbons (Fsp3) is 0.571. The minimum absolute atomic E-state index is 0.138. The molecule has 106 valence electrons. The Bertz CT molecular complexity index is 422. The molecule has 1 saturated heterocycles. The van der Waals surface area contributed by atoms with E-state index in [0.29, 0.717) is 6.54 Å². The minimum Gasteiger partial charge on any atom is -0.390 e. The Morgan fingerprint density at radius 3 is 2.63 bits per heavy atom. The minimum atomic E-state index is -0.722. The first-order valence-corrected chi connectivity index (χ1v) is 6.66. The van der Waals surface area contributed by atoms with Crippen LogP contribution in [-0.2, 0) is 6.42 Å². The van der Waals surface area contributed by atoms with Crippen LogP contribution in [0.25, 0.3) is 0 Å². The fourth-order valence-electron chi connectivity index (χ4n) is 2.45. The third kappa shape index (κ3) is 3.96. The van der Waals surface area contributed by atoms with Crippen LogP contribution in [-0.4, -0.2) is 41.8 Å². The predicted molar refractivity (Wildman–Crippen MR) is 69.7 cm³/mol. The molecule has 1 aromatic carbocycles. The van der Waals surface area contributed by atoms with Crippen molar-refractivity contribution in [2.75, 3.05) is 19.6 Å². The SMILES string of the molecule is NC(Cc1cc(F)ccc1F)C(O)CN1CCCC1. The first-order chi connectivity index (χ1) is 9.06. The number of halogens is 2. The molecule has 2 unspecified atom stereocenters. The number of β-amino-alcohol motifs (C(OH)–C–C–N with tert-alkyl or cyclic N) is 1. The van der Waals surface area contributed by atoms with E-state index in [9.17, 15) is 13.9 Å². The van der Waals surface area contributed by atoms with Crippen molar-refractivity contribution < 1.29 is 13.9 Å². The van der Waals surface area contributed by atoms with E-state index in [1.54, 1.807) is 0 Å². The van der Waals surface area contributed by atoms with Gasteiger partial charge in [0.15, 0.2) is 0 Å². The number of aliphatic hydroxyl groups excluding tert-OH is 1. The second-order valence-electron chi connectivity index (χ2n) is 5.18. The lowest BCUT2D eigenvalue weighted by Crippen LogP contribution is -2.44. The van der Waals surface area contributed by atoms with Crippen molar-refractivity contribution in [3.05, 3.63) is 35.4 Å². The summed E-state index contributed by atoms with van der Waals surface area (Å²) in [5.74, 6) is -0.970. The van der Waals surface area contributed by atoms with Crippen LogP contribution in [0.15, 0.2) is 18.2 Å². The lowest BCUT2D eigenvalue weighted by molar-refractivity contribution is 0.101. The molecule has 1 heterocycles. The van der Waals surface area contributed by atoms with Gasteiger partial charge in [-0.2, -0.15) is 0 Å². The molecule has 0 radical (unpaired) electrons. The van der Waals surface area contributed by atoms with Gasteiger partial charge in [0.25, 0.3) is 0 Å². The van der Waals surface area contributed by atoms with Gasteiger partial charge in [0.1, 0.15) is 11.6 Å². The number of benzene rings is 1. The van der Waals surface area contributed by atoms with E-state index in [1.807, 2.05) is 0 Å². The summed E-state index contributed by atoms with van der Waals surface area (Å²) in [7, 11) is 0. The maximum Gasteiger partial charge on any atom is 0.126 e. The number of aliphatic hydroxyl groups is 1. The van der Waals surface area contributed by atoms with Crippen molar-refractivity contribution in [1.29, 1.82) is 0 Å². The third-order valence-electron chi connectivity index (χ3n) is 3.60. The molecular weight excluding hydrogens is 250 g/mol. The van der Waals surface area contributed by atoms with Crippen molar-refractivity contribution >= 4 is 0 Å². The smallest absolute Gasteiger partial charge is 0.126 e. The average molecular weight is 270 g/mol. The molecule has 1 aliphatic rings. The lowest BCUT2D eigenvalue weighted by Gasteiger charge is -2.24. The molecular formula is C14H20F2N2O. The monoisotopic (exact) mass is 270 g/mol.